The standard InChI is InChI=1S/C24H30N2O5S2/c1-18(26-15-5-8-23(33(26,30)31)20-6-3-2-4-7-20)19-9-11-21(12-10-19)24(27)25-22-13-16-32(28,29)17-14-22/h2-4,6-7,9-12,18,22-23H,5,8,13-17H2,1H3,(H,25,27). The topological polar surface area (TPSA) is 101 Å². The summed E-state index contributed by atoms with van der Waals surface area (Å²) in [5.41, 5.74) is 2.12. The molecule has 9 heteroatoms. The summed E-state index contributed by atoms with van der Waals surface area (Å²) in [6.07, 6.45) is 2.26. The highest BCUT2D eigenvalue weighted by molar-refractivity contribution is 7.91. The summed E-state index contributed by atoms with van der Waals surface area (Å²) in [5, 5.41) is 2.37. The zero-order chi connectivity index (χ0) is 23.6. The quantitative estimate of drug-likeness (QED) is 0.694. The number of hydrogen-bond acceptors (Lipinski definition) is 5. The molecule has 2 aliphatic rings. The molecule has 2 unspecified atom stereocenters. The number of rotatable bonds is 5. The molecular formula is C24H30N2O5S2. The van der Waals surface area contributed by atoms with Gasteiger partial charge in [0.15, 0.2) is 0 Å². The summed E-state index contributed by atoms with van der Waals surface area (Å²) in [6, 6.07) is 15.9. The van der Waals surface area contributed by atoms with Gasteiger partial charge in [-0.3, -0.25) is 4.79 Å². The average Bonchev–Trinajstić information content (AvgIpc) is 2.80. The van der Waals surface area contributed by atoms with Crippen LogP contribution in [0.1, 0.15) is 65.4 Å². The lowest BCUT2D eigenvalue weighted by atomic mass is 10.0. The van der Waals surface area contributed by atoms with Crippen LogP contribution in [-0.2, 0) is 19.9 Å². The minimum atomic E-state index is -3.51. The maximum Gasteiger partial charge on any atom is 0.251 e. The minimum Gasteiger partial charge on any atom is -0.349 e. The lowest BCUT2D eigenvalue weighted by Gasteiger charge is -2.36. The number of sulfonamides is 1. The third-order valence-corrected chi connectivity index (χ3v) is 10.8. The zero-order valence-corrected chi connectivity index (χ0v) is 20.3. The smallest absolute Gasteiger partial charge is 0.251 e. The Balaban J connectivity index is 1.44. The molecular weight excluding hydrogens is 460 g/mol. The number of sulfone groups is 1. The van der Waals surface area contributed by atoms with E-state index in [2.05, 4.69) is 5.32 Å². The van der Waals surface area contributed by atoms with Gasteiger partial charge in [-0.05, 0) is 55.9 Å². The molecule has 0 aromatic heterocycles. The van der Waals surface area contributed by atoms with Gasteiger partial charge in [-0.1, -0.05) is 42.5 Å². The Bertz CT molecular complexity index is 1180. The first-order valence-corrected chi connectivity index (χ1v) is 14.7. The fraction of sp³-hybridized carbons (Fsp3) is 0.458. The second-order valence-electron chi connectivity index (χ2n) is 8.89. The lowest BCUT2D eigenvalue weighted by molar-refractivity contribution is 0.0934. The molecule has 7 nitrogen and oxygen atoms in total. The summed E-state index contributed by atoms with van der Waals surface area (Å²) in [6.45, 7) is 2.35. The summed E-state index contributed by atoms with van der Waals surface area (Å²) in [7, 11) is -6.49. The van der Waals surface area contributed by atoms with Crippen molar-refractivity contribution in [2.75, 3.05) is 18.1 Å². The van der Waals surface area contributed by atoms with Gasteiger partial charge in [0, 0.05) is 24.2 Å². The molecule has 2 atom stereocenters. The first-order valence-electron chi connectivity index (χ1n) is 11.3. The number of amides is 1. The number of benzene rings is 2. The first-order chi connectivity index (χ1) is 15.7. The third kappa shape index (κ3) is 5.31. The van der Waals surface area contributed by atoms with E-state index in [0.717, 1.165) is 17.5 Å². The number of hydrogen-bond donors (Lipinski definition) is 1. The molecule has 2 aromatic carbocycles. The number of nitrogens with zero attached hydrogens (tertiary/aromatic N) is 1. The Kier molecular flexibility index (Phi) is 6.93. The first kappa shape index (κ1) is 23.9. The van der Waals surface area contributed by atoms with Crippen LogP contribution in [0, 0.1) is 0 Å². The molecule has 4 rings (SSSR count). The van der Waals surface area contributed by atoms with E-state index in [1.54, 1.807) is 28.6 Å². The monoisotopic (exact) mass is 490 g/mol. The Morgan fingerprint density at radius 1 is 0.939 bits per heavy atom. The van der Waals surface area contributed by atoms with Crippen LogP contribution in [0.2, 0.25) is 0 Å². The van der Waals surface area contributed by atoms with Crippen LogP contribution in [0.15, 0.2) is 54.6 Å². The Morgan fingerprint density at radius 2 is 1.58 bits per heavy atom. The van der Waals surface area contributed by atoms with Crippen molar-refractivity contribution in [2.45, 2.75) is 49.9 Å². The van der Waals surface area contributed by atoms with Crippen molar-refractivity contribution in [3.05, 3.63) is 71.3 Å². The van der Waals surface area contributed by atoms with Crippen LogP contribution < -0.4 is 5.32 Å². The summed E-state index contributed by atoms with van der Waals surface area (Å²) < 4.78 is 51.5. The van der Waals surface area contributed by atoms with Crippen molar-refractivity contribution >= 4 is 25.8 Å². The molecule has 1 N–H and O–H groups in total. The van der Waals surface area contributed by atoms with Crippen molar-refractivity contribution in [3.63, 3.8) is 0 Å². The van der Waals surface area contributed by atoms with E-state index in [-0.39, 0.29) is 29.5 Å². The number of nitrogens with one attached hydrogen (secondary N) is 1. The largest absolute Gasteiger partial charge is 0.349 e. The Hall–Kier alpha value is -2.23. The number of carbonyl (C=O) groups excluding carboxylic acids is 1. The van der Waals surface area contributed by atoms with Gasteiger partial charge in [0.05, 0.1) is 11.5 Å². The zero-order valence-electron chi connectivity index (χ0n) is 18.7. The van der Waals surface area contributed by atoms with Crippen LogP contribution in [0.25, 0.3) is 0 Å². The molecule has 33 heavy (non-hydrogen) atoms. The van der Waals surface area contributed by atoms with E-state index in [0.29, 0.717) is 31.4 Å². The third-order valence-electron chi connectivity index (χ3n) is 6.68. The molecule has 2 heterocycles. The minimum absolute atomic E-state index is 0.0999. The van der Waals surface area contributed by atoms with Crippen molar-refractivity contribution in [3.8, 4) is 0 Å². The van der Waals surface area contributed by atoms with Gasteiger partial charge in [0.1, 0.15) is 15.1 Å². The van der Waals surface area contributed by atoms with E-state index in [9.17, 15) is 21.6 Å². The van der Waals surface area contributed by atoms with Crippen LogP contribution in [0.5, 0.6) is 0 Å². The highest BCUT2D eigenvalue weighted by atomic mass is 32.2. The van der Waals surface area contributed by atoms with Gasteiger partial charge >= 0.3 is 0 Å². The number of carbonyl (C=O) groups is 1. The van der Waals surface area contributed by atoms with Crippen molar-refractivity contribution in [1.82, 2.24) is 9.62 Å². The van der Waals surface area contributed by atoms with Crippen molar-refractivity contribution < 1.29 is 21.6 Å². The maximum absolute atomic E-state index is 13.4. The van der Waals surface area contributed by atoms with Crippen LogP contribution in [0.4, 0.5) is 0 Å². The van der Waals surface area contributed by atoms with E-state index >= 15 is 0 Å². The second kappa shape index (κ2) is 9.56. The molecule has 0 saturated carbocycles. The normalized spacial score (nSPS) is 24.1. The molecule has 0 aliphatic carbocycles. The molecule has 2 fully saturated rings. The maximum atomic E-state index is 13.4. The SMILES string of the molecule is CC(c1ccc(C(=O)NC2CCS(=O)(=O)CC2)cc1)N1CCCC(c2ccccc2)S1(=O)=O. The molecule has 0 radical (unpaired) electrons. The van der Waals surface area contributed by atoms with E-state index in [1.165, 1.54) is 0 Å². The van der Waals surface area contributed by atoms with E-state index in [1.807, 2.05) is 37.3 Å². The predicted molar refractivity (Wildman–Crippen MR) is 128 cm³/mol. The second-order valence-corrected chi connectivity index (χ2v) is 13.3. The molecule has 2 aliphatic heterocycles. The van der Waals surface area contributed by atoms with Crippen molar-refractivity contribution in [1.29, 1.82) is 0 Å². The summed E-state index contributed by atoms with van der Waals surface area (Å²) >= 11 is 0. The molecule has 0 bridgehead atoms. The van der Waals surface area contributed by atoms with Gasteiger partial charge in [-0.25, -0.2) is 16.8 Å². The van der Waals surface area contributed by atoms with Gasteiger partial charge < -0.3 is 5.32 Å². The van der Waals surface area contributed by atoms with E-state index < -0.39 is 25.1 Å². The predicted octanol–water partition coefficient (Wildman–Crippen LogP) is 3.22. The Labute approximate surface area is 196 Å². The summed E-state index contributed by atoms with van der Waals surface area (Å²) in [4.78, 5) is 12.6. The highest BCUT2D eigenvalue weighted by Crippen LogP contribution is 2.38. The molecule has 2 saturated heterocycles. The summed E-state index contributed by atoms with van der Waals surface area (Å²) in [5.74, 6) is -0.0426. The van der Waals surface area contributed by atoms with Gasteiger partial charge in [-0.15, -0.1) is 0 Å². The van der Waals surface area contributed by atoms with Crippen LogP contribution in [0.3, 0.4) is 0 Å². The highest BCUT2D eigenvalue weighted by Gasteiger charge is 2.39. The fourth-order valence-electron chi connectivity index (χ4n) is 4.67. The molecule has 0 spiro atoms. The molecule has 2 aromatic rings. The van der Waals surface area contributed by atoms with Gasteiger partial charge in [-0.2, -0.15) is 4.31 Å². The average molecular weight is 491 g/mol. The molecule has 1 amide bonds. The molecule has 178 valence electrons. The van der Waals surface area contributed by atoms with Gasteiger partial charge in [0.2, 0.25) is 10.0 Å². The van der Waals surface area contributed by atoms with Crippen molar-refractivity contribution in [2.24, 2.45) is 0 Å². The Morgan fingerprint density at radius 3 is 2.21 bits per heavy atom. The van der Waals surface area contributed by atoms with Crippen LogP contribution >= 0.6 is 0 Å². The fourth-order valence-corrected chi connectivity index (χ4v) is 8.40. The van der Waals surface area contributed by atoms with E-state index in [4.69, 9.17) is 0 Å². The lowest BCUT2D eigenvalue weighted by Crippen LogP contribution is -2.41. The van der Waals surface area contributed by atoms with Gasteiger partial charge in [0.25, 0.3) is 5.91 Å². The van der Waals surface area contributed by atoms with Crippen LogP contribution in [-0.4, -0.2) is 51.1 Å².